The number of anilines is 1. The largest absolute Gasteiger partial charge is 0.354 e. The molecule has 2 aliphatic rings. The Morgan fingerprint density at radius 2 is 1.71 bits per heavy atom. The standard InChI is InChI=1S/C24H30N4.3ClH/c1-18-8-10-25-23(17-18)27-15-13-26(14-16-27)12-9-21-19(2)28-11-4-6-20-5-3-7-22(21)24(20)28;;;/h3,5,7-8,10,17H,4,6,9,11-16H2,1-2H3;3*1H. The minimum Gasteiger partial charge on any atom is -0.354 e. The maximum atomic E-state index is 4.56. The van der Waals surface area contributed by atoms with Crippen LogP contribution in [0.15, 0.2) is 36.5 Å². The molecule has 1 fully saturated rings. The van der Waals surface area contributed by atoms with Gasteiger partial charge in [0.1, 0.15) is 5.82 Å². The van der Waals surface area contributed by atoms with Crippen LogP contribution in [0.1, 0.15) is 28.8 Å². The molecule has 3 aromatic rings. The molecule has 1 saturated heterocycles. The molecule has 2 aliphatic heterocycles. The van der Waals surface area contributed by atoms with Crippen molar-refractivity contribution in [2.24, 2.45) is 0 Å². The predicted octanol–water partition coefficient (Wildman–Crippen LogP) is 5.23. The van der Waals surface area contributed by atoms with Crippen molar-refractivity contribution in [3.05, 3.63) is 58.9 Å². The quantitative estimate of drug-likeness (QED) is 0.508. The Kier molecular flexibility index (Phi) is 9.08. The molecule has 170 valence electrons. The fraction of sp³-hybridized carbons (Fsp3) is 0.458. The molecule has 0 amide bonds. The van der Waals surface area contributed by atoms with Gasteiger partial charge in [0.25, 0.3) is 0 Å². The second kappa shape index (κ2) is 10.9. The molecule has 0 bridgehead atoms. The summed E-state index contributed by atoms with van der Waals surface area (Å²) >= 11 is 0. The summed E-state index contributed by atoms with van der Waals surface area (Å²) in [5, 5.41) is 1.50. The summed E-state index contributed by atoms with van der Waals surface area (Å²) in [5.74, 6) is 1.13. The molecule has 0 unspecified atom stereocenters. The molecule has 1 aromatic carbocycles. The summed E-state index contributed by atoms with van der Waals surface area (Å²) in [7, 11) is 0. The van der Waals surface area contributed by atoms with Crippen LogP contribution in [0, 0.1) is 13.8 Å². The first-order chi connectivity index (χ1) is 13.7. The van der Waals surface area contributed by atoms with E-state index in [1.54, 1.807) is 5.56 Å². The molecule has 0 spiro atoms. The number of benzene rings is 1. The fourth-order valence-electron chi connectivity index (χ4n) is 5.07. The van der Waals surface area contributed by atoms with E-state index >= 15 is 0 Å². The molecule has 5 rings (SSSR count). The van der Waals surface area contributed by atoms with Crippen LogP contribution in [0.25, 0.3) is 10.9 Å². The molecule has 2 aromatic heterocycles. The summed E-state index contributed by atoms with van der Waals surface area (Å²) in [5.41, 5.74) is 7.40. The van der Waals surface area contributed by atoms with E-state index in [-0.39, 0.29) is 37.2 Å². The van der Waals surface area contributed by atoms with Crippen LogP contribution in [-0.4, -0.2) is 47.2 Å². The highest BCUT2D eigenvalue weighted by molar-refractivity contribution is 5.88. The van der Waals surface area contributed by atoms with Gasteiger partial charge in [0, 0.05) is 56.5 Å². The number of hydrogen-bond acceptors (Lipinski definition) is 3. The van der Waals surface area contributed by atoms with Crippen molar-refractivity contribution in [2.45, 2.75) is 39.7 Å². The third-order valence-corrected chi connectivity index (χ3v) is 6.66. The number of hydrogen-bond donors (Lipinski definition) is 0. The van der Waals surface area contributed by atoms with Crippen LogP contribution in [-0.2, 0) is 19.4 Å². The lowest BCUT2D eigenvalue weighted by molar-refractivity contribution is 0.260. The monoisotopic (exact) mass is 482 g/mol. The number of aromatic nitrogens is 2. The molecule has 31 heavy (non-hydrogen) atoms. The number of halogens is 3. The third-order valence-electron chi connectivity index (χ3n) is 6.66. The smallest absolute Gasteiger partial charge is 0.128 e. The van der Waals surface area contributed by atoms with Gasteiger partial charge < -0.3 is 9.47 Å². The molecule has 7 heteroatoms. The van der Waals surface area contributed by atoms with E-state index in [0.717, 1.165) is 45.0 Å². The van der Waals surface area contributed by atoms with Gasteiger partial charge in [-0.05, 0) is 61.9 Å². The average Bonchev–Trinajstić information content (AvgIpc) is 3.00. The average molecular weight is 484 g/mol. The van der Waals surface area contributed by atoms with Crippen molar-refractivity contribution in [3.8, 4) is 0 Å². The number of piperazine rings is 1. The molecule has 0 radical (unpaired) electrons. The molecule has 0 atom stereocenters. The van der Waals surface area contributed by atoms with E-state index in [9.17, 15) is 0 Å². The first kappa shape index (κ1) is 25.8. The predicted molar refractivity (Wildman–Crippen MR) is 138 cm³/mol. The van der Waals surface area contributed by atoms with Crippen molar-refractivity contribution >= 4 is 53.9 Å². The van der Waals surface area contributed by atoms with E-state index < -0.39 is 0 Å². The molecular weight excluding hydrogens is 451 g/mol. The zero-order chi connectivity index (χ0) is 19.1. The normalized spacial score (nSPS) is 15.7. The number of aryl methyl sites for hydroxylation is 3. The van der Waals surface area contributed by atoms with Crippen molar-refractivity contribution < 1.29 is 0 Å². The molecule has 0 aliphatic carbocycles. The lowest BCUT2D eigenvalue weighted by Crippen LogP contribution is -2.47. The lowest BCUT2D eigenvalue weighted by Gasteiger charge is -2.35. The summed E-state index contributed by atoms with van der Waals surface area (Å²) in [6.07, 6.45) is 5.59. The van der Waals surface area contributed by atoms with Gasteiger partial charge in [-0.3, -0.25) is 4.90 Å². The van der Waals surface area contributed by atoms with Crippen molar-refractivity contribution in [2.75, 3.05) is 37.6 Å². The van der Waals surface area contributed by atoms with Crippen LogP contribution >= 0.6 is 37.2 Å². The first-order valence-electron chi connectivity index (χ1n) is 10.7. The number of rotatable bonds is 4. The van der Waals surface area contributed by atoms with E-state index in [2.05, 4.69) is 63.5 Å². The second-order valence-corrected chi connectivity index (χ2v) is 8.40. The van der Waals surface area contributed by atoms with Crippen molar-refractivity contribution in [1.29, 1.82) is 0 Å². The van der Waals surface area contributed by atoms with Gasteiger partial charge in [-0.1, -0.05) is 18.2 Å². The summed E-state index contributed by atoms with van der Waals surface area (Å²) in [6.45, 7) is 11.2. The molecule has 0 N–H and O–H groups in total. The highest BCUT2D eigenvalue weighted by atomic mass is 35.5. The highest BCUT2D eigenvalue weighted by Crippen LogP contribution is 2.33. The molecule has 4 heterocycles. The maximum Gasteiger partial charge on any atom is 0.128 e. The molecule has 0 saturated carbocycles. The first-order valence-corrected chi connectivity index (χ1v) is 10.7. The van der Waals surface area contributed by atoms with Crippen LogP contribution in [0.3, 0.4) is 0 Å². The second-order valence-electron chi connectivity index (χ2n) is 8.40. The summed E-state index contributed by atoms with van der Waals surface area (Å²) in [6, 6.07) is 11.2. The summed E-state index contributed by atoms with van der Waals surface area (Å²) < 4.78 is 2.57. The van der Waals surface area contributed by atoms with Gasteiger partial charge in [0.15, 0.2) is 0 Å². The Morgan fingerprint density at radius 3 is 2.45 bits per heavy atom. The molecular formula is C24H33Cl3N4. The Labute approximate surface area is 204 Å². The number of pyridine rings is 1. The third kappa shape index (κ3) is 4.98. The van der Waals surface area contributed by atoms with Gasteiger partial charge in [-0.2, -0.15) is 0 Å². The van der Waals surface area contributed by atoms with Crippen molar-refractivity contribution in [1.82, 2.24) is 14.5 Å². The van der Waals surface area contributed by atoms with Crippen molar-refractivity contribution in [3.63, 3.8) is 0 Å². The minimum atomic E-state index is 0. The Balaban J connectivity index is 0.00000114. The van der Waals surface area contributed by atoms with Gasteiger partial charge in [-0.15, -0.1) is 37.2 Å². The van der Waals surface area contributed by atoms with E-state index in [0.29, 0.717) is 0 Å². The zero-order valence-corrected chi connectivity index (χ0v) is 20.8. The van der Waals surface area contributed by atoms with Gasteiger partial charge in [0.05, 0.1) is 5.52 Å². The van der Waals surface area contributed by atoms with Gasteiger partial charge in [0.2, 0.25) is 0 Å². The van der Waals surface area contributed by atoms with Crippen LogP contribution in [0.2, 0.25) is 0 Å². The van der Waals surface area contributed by atoms with Crippen LogP contribution < -0.4 is 4.90 Å². The Hall–Kier alpha value is -1.46. The topological polar surface area (TPSA) is 24.3 Å². The molecule has 4 nitrogen and oxygen atoms in total. The SMILES string of the molecule is Cc1ccnc(N2CCN(CCc3c(C)n4c5c(cccc35)CCC4)CC2)c1.Cl.Cl.Cl. The Morgan fingerprint density at radius 1 is 0.935 bits per heavy atom. The maximum absolute atomic E-state index is 4.56. The van der Waals surface area contributed by atoms with E-state index in [1.807, 2.05) is 6.20 Å². The zero-order valence-electron chi connectivity index (χ0n) is 18.3. The highest BCUT2D eigenvalue weighted by Gasteiger charge is 2.22. The minimum absolute atomic E-state index is 0. The van der Waals surface area contributed by atoms with Crippen LogP contribution in [0.5, 0.6) is 0 Å². The fourth-order valence-corrected chi connectivity index (χ4v) is 5.07. The van der Waals surface area contributed by atoms with E-state index in [1.165, 1.54) is 47.1 Å². The number of para-hydroxylation sites is 1. The Bertz CT molecular complexity index is 1010. The van der Waals surface area contributed by atoms with Gasteiger partial charge >= 0.3 is 0 Å². The summed E-state index contributed by atoms with van der Waals surface area (Å²) in [4.78, 5) is 9.61. The lowest BCUT2D eigenvalue weighted by atomic mass is 10.0. The van der Waals surface area contributed by atoms with Gasteiger partial charge in [-0.25, -0.2) is 4.98 Å². The van der Waals surface area contributed by atoms with E-state index in [4.69, 9.17) is 0 Å². The number of nitrogens with zero attached hydrogens (tertiary/aromatic N) is 4. The van der Waals surface area contributed by atoms with Crippen LogP contribution in [0.4, 0.5) is 5.82 Å².